The fourth-order valence-corrected chi connectivity index (χ4v) is 8.20. The van der Waals surface area contributed by atoms with E-state index >= 15 is 0 Å². The summed E-state index contributed by atoms with van der Waals surface area (Å²) in [5.74, 6) is 3.24. The number of hydrogen-bond donors (Lipinski definition) is 1. The van der Waals surface area contributed by atoms with Crippen molar-refractivity contribution in [3.8, 4) is 0 Å². The van der Waals surface area contributed by atoms with E-state index in [1.807, 2.05) is 0 Å². The summed E-state index contributed by atoms with van der Waals surface area (Å²) < 4.78 is 0. The molecule has 0 heterocycles. The Balaban J connectivity index is 1.56. The standard InChI is InChI=1S/C24H36O2/c1-16(7-12-22(25)26)19-10-11-20-18-9-8-17-6-4-5-14-23(17,2)21(18)13-15-24(19,20)3/h7,12,17-21H,1,4-6,8-11,13-15H2,2-3H3,(H,25,26)/t17?,18-,19+,20-,21-,23-,24+/m0/s1. The lowest BCUT2D eigenvalue weighted by molar-refractivity contribution is -0.131. The van der Waals surface area contributed by atoms with Gasteiger partial charge in [0.05, 0.1) is 0 Å². The first-order valence-corrected chi connectivity index (χ1v) is 11.0. The molecule has 0 amide bonds. The molecule has 0 aromatic rings. The molecule has 4 fully saturated rings. The first-order valence-electron chi connectivity index (χ1n) is 11.0. The molecular weight excluding hydrogens is 320 g/mol. The third-order valence-electron chi connectivity index (χ3n) is 9.47. The van der Waals surface area contributed by atoms with Crippen molar-refractivity contribution in [3.05, 3.63) is 24.3 Å². The van der Waals surface area contributed by atoms with Crippen LogP contribution in [-0.2, 0) is 4.79 Å². The average molecular weight is 357 g/mol. The van der Waals surface area contributed by atoms with Crippen molar-refractivity contribution in [3.63, 3.8) is 0 Å². The largest absolute Gasteiger partial charge is 0.478 e. The number of aliphatic carboxylic acids is 1. The van der Waals surface area contributed by atoms with Crippen LogP contribution < -0.4 is 0 Å². The number of fused-ring (bicyclic) bond motifs is 5. The van der Waals surface area contributed by atoms with Gasteiger partial charge in [-0.2, -0.15) is 0 Å². The van der Waals surface area contributed by atoms with Crippen molar-refractivity contribution in [2.24, 2.45) is 40.4 Å². The van der Waals surface area contributed by atoms with E-state index in [2.05, 4.69) is 20.4 Å². The molecule has 0 saturated heterocycles. The first kappa shape index (κ1) is 18.3. The Kier molecular flexibility index (Phi) is 4.60. The maximum Gasteiger partial charge on any atom is 0.328 e. The summed E-state index contributed by atoms with van der Waals surface area (Å²) in [4.78, 5) is 10.9. The van der Waals surface area contributed by atoms with Gasteiger partial charge in [-0.3, -0.25) is 0 Å². The molecule has 4 aliphatic carbocycles. The smallest absolute Gasteiger partial charge is 0.328 e. The van der Waals surface area contributed by atoms with Crippen LogP contribution in [0.4, 0.5) is 0 Å². The van der Waals surface area contributed by atoms with Gasteiger partial charge in [0, 0.05) is 6.08 Å². The minimum absolute atomic E-state index is 0.332. The number of hydrogen-bond acceptors (Lipinski definition) is 1. The van der Waals surface area contributed by atoms with Crippen LogP contribution in [0.5, 0.6) is 0 Å². The molecule has 0 spiro atoms. The van der Waals surface area contributed by atoms with Gasteiger partial charge in [0.15, 0.2) is 0 Å². The summed E-state index contributed by atoms with van der Waals surface area (Å²) in [6.45, 7) is 9.41. The summed E-state index contributed by atoms with van der Waals surface area (Å²) in [7, 11) is 0. The number of carbonyl (C=O) groups is 1. The highest BCUT2D eigenvalue weighted by atomic mass is 16.4. The van der Waals surface area contributed by atoms with Crippen molar-refractivity contribution in [2.45, 2.75) is 78.1 Å². The second-order valence-corrected chi connectivity index (χ2v) is 10.3. The Bertz CT molecular complexity index is 620. The summed E-state index contributed by atoms with van der Waals surface area (Å²) >= 11 is 0. The van der Waals surface area contributed by atoms with E-state index < -0.39 is 5.97 Å². The normalized spacial score (nSPS) is 47.8. The molecule has 0 radical (unpaired) electrons. The van der Waals surface area contributed by atoms with Gasteiger partial charge >= 0.3 is 5.97 Å². The van der Waals surface area contributed by atoms with Crippen LogP contribution in [0.1, 0.15) is 78.1 Å². The lowest BCUT2D eigenvalue weighted by Gasteiger charge is -2.60. The Morgan fingerprint density at radius 1 is 0.923 bits per heavy atom. The van der Waals surface area contributed by atoms with Crippen LogP contribution in [-0.4, -0.2) is 11.1 Å². The molecule has 4 aliphatic rings. The zero-order valence-electron chi connectivity index (χ0n) is 16.7. The van der Waals surface area contributed by atoms with Gasteiger partial charge in [-0.25, -0.2) is 4.79 Å². The van der Waals surface area contributed by atoms with Crippen LogP contribution in [0, 0.1) is 40.4 Å². The second-order valence-electron chi connectivity index (χ2n) is 10.3. The summed E-state index contributed by atoms with van der Waals surface area (Å²) in [6.07, 6.45) is 17.0. The molecule has 7 atom stereocenters. The van der Waals surface area contributed by atoms with E-state index in [0.29, 0.717) is 16.7 Å². The van der Waals surface area contributed by atoms with E-state index in [4.69, 9.17) is 5.11 Å². The third kappa shape index (κ3) is 2.70. The van der Waals surface area contributed by atoms with E-state index in [0.717, 1.165) is 29.2 Å². The van der Waals surface area contributed by atoms with Crippen molar-refractivity contribution in [2.75, 3.05) is 0 Å². The predicted octanol–water partition coefficient (Wildman–Crippen LogP) is 6.23. The molecule has 144 valence electrons. The number of carboxylic acids is 1. The predicted molar refractivity (Wildman–Crippen MR) is 106 cm³/mol. The number of allylic oxidation sites excluding steroid dienone is 2. The van der Waals surface area contributed by atoms with Crippen LogP contribution in [0.3, 0.4) is 0 Å². The molecule has 0 aliphatic heterocycles. The molecule has 0 aromatic carbocycles. The minimum Gasteiger partial charge on any atom is -0.478 e. The minimum atomic E-state index is -0.863. The third-order valence-corrected chi connectivity index (χ3v) is 9.47. The van der Waals surface area contributed by atoms with Gasteiger partial charge in [0.1, 0.15) is 0 Å². The fourth-order valence-electron chi connectivity index (χ4n) is 8.20. The van der Waals surface area contributed by atoms with Gasteiger partial charge < -0.3 is 5.11 Å². The Morgan fingerprint density at radius 3 is 2.46 bits per heavy atom. The number of rotatable bonds is 3. The van der Waals surface area contributed by atoms with Crippen molar-refractivity contribution in [1.82, 2.24) is 0 Å². The van der Waals surface area contributed by atoms with E-state index in [-0.39, 0.29) is 0 Å². The van der Waals surface area contributed by atoms with Gasteiger partial charge in [-0.15, -0.1) is 0 Å². The topological polar surface area (TPSA) is 37.3 Å². The maximum absolute atomic E-state index is 10.9. The van der Waals surface area contributed by atoms with Gasteiger partial charge in [0.25, 0.3) is 0 Å². The monoisotopic (exact) mass is 356 g/mol. The maximum atomic E-state index is 10.9. The van der Waals surface area contributed by atoms with E-state index in [9.17, 15) is 4.79 Å². The Labute approximate surface area is 159 Å². The Hall–Kier alpha value is -1.05. The zero-order valence-corrected chi connectivity index (χ0v) is 16.7. The lowest BCUT2D eigenvalue weighted by atomic mass is 9.44. The zero-order chi connectivity index (χ0) is 18.5. The van der Waals surface area contributed by atoms with Crippen molar-refractivity contribution < 1.29 is 9.90 Å². The fraction of sp³-hybridized carbons (Fsp3) is 0.792. The van der Waals surface area contributed by atoms with E-state index in [1.54, 1.807) is 6.08 Å². The highest BCUT2D eigenvalue weighted by Crippen LogP contribution is 2.68. The van der Waals surface area contributed by atoms with Crippen LogP contribution >= 0.6 is 0 Å². The van der Waals surface area contributed by atoms with Crippen LogP contribution in [0.2, 0.25) is 0 Å². The summed E-state index contributed by atoms with van der Waals surface area (Å²) in [5, 5.41) is 8.97. The molecule has 0 bridgehead atoms. The quantitative estimate of drug-likeness (QED) is 0.480. The van der Waals surface area contributed by atoms with Gasteiger partial charge in [0.2, 0.25) is 0 Å². The summed E-state index contributed by atoms with van der Waals surface area (Å²) in [6, 6.07) is 0. The van der Waals surface area contributed by atoms with Crippen LogP contribution in [0.25, 0.3) is 0 Å². The molecule has 2 nitrogen and oxygen atoms in total. The molecule has 1 N–H and O–H groups in total. The van der Waals surface area contributed by atoms with Gasteiger partial charge in [-0.05, 0) is 91.8 Å². The van der Waals surface area contributed by atoms with Crippen LogP contribution in [0.15, 0.2) is 24.3 Å². The Morgan fingerprint density at radius 2 is 1.69 bits per heavy atom. The average Bonchev–Trinajstić information content (AvgIpc) is 2.96. The highest BCUT2D eigenvalue weighted by Gasteiger charge is 2.59. The summed E-state index contributed by atoms with van der Waals surface area (Å²) in [5.41, 5.74) is 1.98. The molecule has 0 aromatic heterocycles. The second kappa shape index (κ2) is 6.53. The van der Waals surface area contributed by atoms with Gasteiger partial charge in [-0.1, -0.05) is 44.9 Å². The molecule has 2 heteroatoms. The molecule has 26 heavy (non-hydrogen) atoms. The SMILES string of the molecule is C=C(C=CC(=O)O)[C@H]1CC[C@H]2[C@@H]3CCC4CCCC[C@]4(C)[C@H]3CC[C@]12C. The first-order chi connectivity index (χ1) is 12.4. The lowest BCUT2D eigenvalue weighted by Crippen LogP contribution is -2.52. The highest BCUT2D eigenvalue weighted by molar-refractivity contribution is 5.80. The molecular formula is C24H36O2. The molecule has 1 unspecified atom stereocenters. The van der Waals surface area contributed by atoms with E-state index in [1.165, 1.54) is 70.3 Å². The van der Waals surface area contributed by atoms with Crippen molar-refractivity contribution in [1.29, 1.82) is 0 Å². The molecule has 4 rings (SSSR count). The molecule has 4 saturated carbocycles. The van der Waals surface area contributed by atoms with Crippen molar-refractivity contribution >= 4 is 5.97 Å². The number of carboxylic acid groups (broad SMARTS) is 1.